The normalized spacial score (nSPS) is 10.9. The van der Waals surface area contributed by atoms with Crippen LogP contribution in [0.1, 0.15) is 43.4 Å². The van der Waals surface area contributed by atoms with Gasteiger partial charge in [0.2, 0.25) is 0 Å². The molecule has 0 saturated heterocycles. The predicted octanol–water partition coefficient (Wildman–Crippen LogP) is 1.47. The Labute approximate surface area is 115 Å². The van der Waals surface area contributed by atoms with Crippen molar-refractivity contribution < 1.29 is 4.79 Å². The molecule has 1 heterocycles. The molecule has 6 heteroatoms. The Kier molecular flexibility index (Phi) is 6.94. The van der Waals surface area contributed by atoms with Crippen LogP contribution in [0.15, 0.2) is 6.07 Å². The quantitative estimate of drug-likeness (QED) is 0.712. The molecule has 18 heavy (non-hydrogen) atoms. The van der Waals surface area contributed by atoms with Crippen molar-refractivity contribution in [1.29, 1.82) is 0 Å². The van der Waals surface area contributed by atoms with Crippen molar-refractivity contribution in [3.8, 4) is 0 Å². The minimum atomic E-state index is -0.118. The molecule has 0 spiro atoms. The number of H-pyrrole nitrogens is 1. The molecule has 104 valence electrons. The SMILES string of the molecule is CNCCCNC(=O)c1cc(C(C)(C)C)[nH]n1.Cl. The van der Waals surface area contributed by atoms with Crippen LogP contribution in [0.4, 0.5) is 0 Å². The molecule has 0 aliphatic carbocycles. The number of hydrogen-bond acceptors (Lipinski definition) is 3. The van der Waals surface area contributed by atoms with Gasteiger partial charge in [0.25, 0.3) is 5.91 Å². The number of aromatic nitrogens is 2. The van der Waals surface area contributed by atoms with E-state index in [-0.39, 0.29) is 23.7 Å². The van der Waals surface area contributed by atoms with Gasteiger partial charge in [-0.15, -0.1) is 12.4 Å². The molecule has 0 radical (unpaired) electrons. The first kappa shape index (κ1) is 16.9. The van der Waals surface area contributed by atoms with Gasteiger partial charge in [-0.1, -0.05) is 20.8 Å². The van der Waals surface area contributed by atoms with Crippen LogP contribution < -0.4 is 10.6 Å². The zero-order chi connectivity index (χ0) is 12.9. The summed E-state index contributed by atoms with van der Waals surface area (Å²) >= 11 is 0. The molecule has 1 rings (SSSR count). The maximum Gasteiger partial charge on any atom is 0.271 e. The second-order valence-corrected chi connectivity index (χ2v) is 5.13. The van der Waals surface area contributed by atoms with Crippen LogP contribution in [0.3, 0.4) is 0 Å². The zero-order valence-corrected chi connectivity index (χ0v) is 12.3. The van der Waals surface area contributed by atoms with Crippen molar-refractivity contribution in [3.05, 3.63) is 17.5 Å². The Morgan fingerprint density at radius 3 is 2.56 bits per heavy atom. The van der Waals surface area contributed by atoms with Crippen LogP contribution in [0.25, 0.3) is 0 Å². The van der Waals surface area contributed by atoms with Crippen LogP contribution in [0.5, 0.6) is 0 Å². The van der Waals surface area contributed by atoms with E-state index in [0.29, 0.717) is 12.2 Å². The maximum absolute atomic E-state index is 11.7. The summed E-state index contributed by atoms with van der Waals surface area (Å²) in [5.74, 6) is -0.118. The third-order valence-electron chi connectivity index (χ3n) is 2.51. The number of halogens is 1. The lowest BCUT2D eigenvalue weighted by atomic mass is 9.92. The monoisotopic (exact) mass is 274 g/mol. The van der Waals surface area contributed by atoms with Gasteiger partial charge in [0.05, 0.1) is 0 Å². The highest BCUT2D eigenvalue weighted by molar-refractivity contribution is 5.92. The third kappa shape index (κ3) is 5.06. The summed E-state index contributed by atoms with van der Waals surface area (Å²) in [6, 6.07) is 1.81. The molecule has 1 aromatic rings. The molecule has 0 unspecified atom stereocenters. The summed E-state index contributed by atoms with van der Waals surface area (Å²) < 4.78 is 0. The fourth-order valence-electron chi connectivity index (χ4n) is 1.38. The van der Waals surface area contributed by atoms with E-state index in [2.05, 4.69) is 41.6 Å². The molecule has 3 N–H and O–H groups in total. The van der Waals surface area contributed by atoms with Crippen molar-refractivity contribution in [2.24, 2.45) is 0 Å². The summed E-state index contributed by atoms with van der Waals surface area (Å²) in [6.45, 7) is 7.80. The van der Waals surface area contributed by atoms with Crippen LogP contribution in [-0.2, 0) is 5.41 Å². The van der Waals surface area contributed by atoms with E-state index in [1.165, 1.54) is 0 Å². The smallest absolute Gasteiger partial charge is 0.271 e. The van der Waals surface area contributed by atoms with E-state index in [9.17, 15) is 4.79 Å². The van der Waals surface area contributed by atoms with E-state index in [4.69, 9.17) is 0 Å². The van der Waals surface area contributed by atoms with E-state index >= 15 is 0 Å². The highest BCUT2D eigenvalue weighted by atomic mass is 35.5. The minimum Gasteiger partial charge on any atom is -0.351 e. The van der Waals surface area contributed by atoms with Gasteiger partial charge in [-0.05, 0) is 26.1 Å². The van der Waals surface area contributed by atoms with Crippen molar-refractivity contribution in [3.63, 3.8) is 0 Å². The lowest BCUT2D eigenvalue weighted by Gasteiger charge is -2.14. The largest absolute Gasteiger partial charge is 0.351 e. The first-order valence-corrected chi connectivity index (χ1v) is 5.94. The first-order valence-electron chi connectivity index (χ1n) is 5.94. The topological polar surface area (TPSA) is 69.8 Å². The van der Waals surface area contributed by atoms with Gasteiger partial charge in [0, 0.05) is 17.7 Å². The van der Waals surface area contributed by atoms with Gasteiger partial charge in [0.15, 0.2) is 0 Å². The number of nitrogens with one attached hydrogen (secondary N) is 3. The molecule has 0 bridgehead atoms. The summed E-state index contributed by atoms with van der Waals surface area (Å²) in [4.78, 5) is 11.7. The fraction of sp³-hybridized carbons (Fsp3) is 0.667. The Morgan fingerprint density at radius 2 is 2.06 bits per heavy atom. The Hall–Kier alpha value is -1.07. The fourth-order valence-corrected chi connectivity index (χ4v) is 1.38. The number of aromatic amines is 1. The second-order valence-electron chi connectivity index (χ2n) is 5.13. The number of hydrogen-bond donors (Lipinski definition) is 3. The maximum atomic E-state index is 11.7. The van der Waals surface area contributed by atoms with Crippen molar-refractivity contribution in [2.75, 3.05) is 20.1 Å². The first-order chi connectivity index (χ1) is 7.95. The van der Waals surface area contributed by atoms with Crippen molar-refractivity contribution in [1.82, 2.24) is 20.8 Å². The molecule has 1 amide bonds. The number of rotatable bonds is 5. The number of amides is 1. The van der Waals surface area contributed by atoms with Gasteiger partial charge in [-0.3, -0.25) is 9.89 Å². The molecular formula is C12H23ClN4O. The average Bonchev–Trinajstić information content (AvgIpc) is 2.72. The van der Waals surface area contributed by atoms with Crippen LogP contribution >= 0.6 is 12.4 Å². The average molecular weight is 275 g/mol. The van der Waals surface area contributed by atoms with E-state index in [0.717, 1.165) is 18.7 Å². The number of nitrogens with zero attached hydrogens (tertiary/aromatic N) is 1. The van der Waals surface area contributed by atoms with Crippen molar-refractivity contribution >= 4 is 18.3 Å². The summed E-state index contributed by atoms with van der Waals surface area (Å²) in [5.41, 5.74) is 1.41. The molecule has 1 aromatic heterocycles. The van der Waals surface area contributed by atoms with Crippen molar-refractivity contribution in [2.45, 2.75) is 32.6 Å². The molecule has 0 fully saturated rings. The summed E-state index contributed by atoms with van der Waals surface area (Å²) in [5, 5.41) is 12.8. The number of carbonyl (C=O) groups is 1. The van der Waals surface area contributed by atoms with Crippen LogP contribution in [0, 0.1) is 0 Å². The highest BCUT2D eigenvalue weighted by Gasteiger charge is 2.18. The Balaban J connectivity index is 0.00000289. The van der Waals surface area contributed by atoms with Crippen LogP contribution in [0.2, 0.25) is 0 Å². The lowest BCUT2D eigenvalue weighted by Crippen LogP contribution is -2.26. The molecule has 0 atom stereocenters. The lowest BCUT2D eigenvalue weighted by molar-refractivity contribution is 0.0948. The predicted molar refractivity (Wildman–Crippen MR) is 75.4 cm³/mol. The molecule has 0 saturated carbocycles. The molecule has 0 aromatic carbocycles. The van der Waals surface area contributed by atoms with Gasteiger partial charge in [0.1, 0.15) is 5.69 Å². The minimum absolute atomic E-state index is 0. The molecule has 5 nitrogen and oxygen atoms in total. The Morgan fingerprint density at radius 1 is 1.39 bits per heavy atom. The molecule has 0 aliphatic rings. The molecular weight excluding hydrogens is 252 g/mol. The summed E-state index contributed by atoms with van der Waals surface area (Å²) in [7, 11) is 1.89. The zero-order valence-electron chi connectivity index (χ0n) is 11.5. The molecule has 0 aliphatic heterocycles. The highest BCUT2D eigenvalue weighted by Crippen LogP contribution is 2.20. The third-order valence-corrected chi connectivity index (χ3v) is 2.51. The van der Waals surface area contributed by atoms with E-state index in [1.807, 2.05) is 13.1 Å². The summed E-state index contributed by atoms with van der Waals surface area (Å²) in [6.07, 6.45) is 0.915. The van der Waals surface area contributed by atoms with E-state index < -0.39 is 0 Å². The van der Waals surface area contributed by atoms with E-state index in [1.54, 1.807) is 0 Å². The van der Waals surface area contributed by atoms with Gasteiger partial charge in [-0.25, -0.2) is 0 Å². The number of carbonyl (C=O) groups excluding carboxylic acids is 1. The van der Waals surface area contributed by atoms with Gasteiger partial charge in [-0.2, -0.15) is 5.10 Å². The van der Waals surface area contributed by atoms with Gasteiger partial charge >= 0.3 is 0 Å². The Bertz CT molecular complexity index is 370. The second kappa shape index (κ2) is 7.38. The van der Waals surface area contributed by atoms with Crippen LogP contribution in [-0.4, -0.2) is 36.2 Å². The standard InChI is InChI=1S/C12H22N4O.ClH/c1-12(2,3)10-8-9(15-16-10)11(17)14-7-5-6-13-4;/h8,13H,5-7H2,1-4H3,(H,14,17)(H,15,16);1H. The van der Waals surface area contributed by atoms with Gasteiger partial charge < -0.3 is 10.6 Å².